The minimum atomic E-state index is -0.254. The average Bonchev–Trinajstić information content (AvgIpc) is 3.36. The predicted octanol–water partition coefficient (Wildman–Crippen LogP) is 5.50. The highest BCUT2D eigenvalue weighted by Gasteiger charge is 2.19. The third-order valence-corrected chi connectivity index (χ3v) is 7.17. The van der Waals surface area contributed by atoms with Gasteiger partial charge in [-0.05, 0) is 52.3 Å². The second kappa shape index (κ2) is 8.44. The van der Waals surface area contributed by atoms with Crippen LogP contribution in [0.4, 0.5) is 5.69 Å². The Morgan fingerprint density at radius 3 is 2.59 bits per heavy atom. The summed E-state index contributed by atoms with van der Waals surface area (Å²) in [5, 5.41) is 3.70. The molecule has 0 bridgehead atoms. The molecule has 0 radical (unpaired) electrons. The first-order valence-electron chi connectivity index (χ1n) is 8.77. The molecular formula is C21H16BrN3O2S2. The van der Waals surface area contributed by atoms with Crippen molar-refractivity contribution in [2.45, 2.75) is 0 Å². The molecule has 2 aromatic carbocycles. The molecule has 2 heterocycles. The number of benzene rings is 2. The number of para-hydroxylation sites is 2. The van der Waals surface area contributed by atoms with Gasteiger partial charge in [0.15, 0.2) is 0 Å². The van der Waals surface area contributed by atoms with Crippen LogP contribution in [0, 0.1) is 0 Å². The molecule has 2 amide bonds. The van der Waals surface area contributed by atoms with Crippen molar-refractivity contribution in [2.24, 2.45) is 0 Å². The van der Waals surface area contributed by atoms with E-state index in [0.717, 1.165) is 24.6 Å². The summed E-state index contributed by atoms with van der Waals surface area (Å²) in [4.78, 5) is 32.6. The van der Waals surface area contributed by atoms with Gasteiger partial charge in [-0.3, -0.25) is 9.59 Å². The normalized spacial score (nSPS) is 10.8. The summed E-state index contributed by atoms with van der Waals surface area (Å²) >= 11 is 6.39. The summed E-state index contributed by atoms with van der Waals surface area (Å²) in [6.45, 7) is -0.0332. The van der Waals surface area contributed by atoms with Crippen molar-refractivity contribution >= 4 is 66.3 Å². The zero-order valence-electron chi connectivity index (χ0n) is 15.4. The molecule has 0 aliphatic carbocycles. The van der Waals surface area contributed by atoms with E-state index in [1.54, 1.807) is 30.5 Å². The molecular weight excluding hydrogens is 470 g/mol. The number of carbonyl (C=O) groups is 2. The van der Waals surface area contributed by atoms with Gasteiger partial charge in [0.05, 0.1) is 32.2 Å². The van der Waals surface area contributed by atoms with Gasteiger partial charge >= 0.3 is 0 Å². The van der Waals surface area contributed by atoms with Crippen LogP contribution in [0.3, 0.4) is 0 Å². The van der Waals surface area contributed by atoms with Gasteiger partial charge in [0, 0.05) is 11.5 Å². The van der Waals surface area contributed by atoms with Crippen LogP contribution in [0.5, 0.6) is 0 Å². The molecule has 0 fully saturated rings. The summed E-state index contributed by atoms with van der Waals surface area (Å²) in [6, 6.07) is 19.0. The molecule has 0 saturated heterocycles. The van der Waals surface area contributed by atoms with E-state index in [4.69, 9.17) is 0 Å². The Kier molecular flexibility index (Phi) is 5.75. The molecule has 4 aromatic rings. The first-order chi connectivity index (χ1) is 14.0. The molecule has 29 heavy (non-hydrogen) atoms. The van der Waals surface area contributed by atoms with Gasteiger partial charge in [-0.25, -0.2) is 4.98 Å². The SMILES string of the molecule is CN(CC(=O)Nc1ccccc1Br)C(=O)c1ccc(-c2nc3ccccc3s2)s1. The van der Waals surface area contributed by atoms with Crippen molar-refractivity contribution < 1.29 is 9.59 Å². The number of hydrogen-bond donors (Lipinski definition) is 1. The number of hydrogen-bond acceptors (Lipinski definition) is 5. The molecule has 0 aliphatic rings. The summed E-state index contributed by atoms with van der Waals surface area (Å²) in [5.74, 6) is -0.444. The third kappa shape index (κ3) is 4.39. The number of nitrogens with zero attached hydrogens (tertiary/aromatic N) is 2. The number of likely N-dealkylation sites (N-methyl/N-ethyl adjacent to an activating group) is 1. The van der Waals surface area contributed by atoms with Crippen LogP contribution in [0.25, 0.3) is 20.1 Å². The summed E-state index contributed by atoms with van der Waals surface area (Å²) in [6.07, 6.45) is 0. The van der Waals surface area contributed by atoms with Gasteiger partial charge < -0.3 is 10.2 Å². The lowest BCUT2D eigenvalue weighted by atomic mass is 10.3. The van der Waals surface area contributed by atoms with Crippen molar-refractivity contribution in [3.05, 3.63) is 70.0 Å². The van der Waals surface area contributed by atoms with Crippen LogP contribution < -0.4 is 5.32 Å². The fourth-order valence-corrected chi connectivity index (χ4v) is 5.18. The number of anilines is 1. The Morgan fingerprint density at radius 1 is 1.03 bits per heavy atom. The maximum atomic E-state index is 12.7. The van der Waals surface area contributed by atoms with Crippen molar-refractivity contribution in [2.75, 3.05) is 18.9 Å². The number of halogens is 1. The van der Waals surface area contributed by atoms with E-state index in [9.17, 15) is 9.59 Å². The fourth-order valence-electron chi connectivity index (χ4n) is 2.77. The Morgan fingerprint density at radius 2 is 1.79 bits per heavy atom. The van der Waals surface area contributed by atoms with Gasteiger partial charge in [-0.2, -0.15) is 0 Å². The number of carbonyl (C=O) groups excluding carboxylic acids is 2. The quantitative estimate of drug-likeness (QED) is 0.405. The number of thiophene rings is 1. The van der Waals surface area contributed by atoms with E-state index in [1.807, 2.05) is 48.5 Å². The van der Waals surface area contributed by atoms with E-state index in [2.05, 4.69) is 26.2 Å². The average molecular weight is 486 g/mol. The fraction of sp³-hybridized carbons (Fsp3) is 0.0952. The largest absolute Gasteiger partial charge is 0.332 e. The Balaban J connectivity index is 1.44. The molecule has 5 nitrogen and oxygen atoms in total. The van der Waals surface area contributed by atoms with E-state index < -0.39 is 0 Å². The third-order valence-electron chi connectivity index (χ3n) is 4.20. The number of thiazole rings is 1. The van der Waals surface area contributed by atoms with Crippen LogP contribution in [0.15, 0.2) is 65.1 Å². The van der Waals surface area contributed by atoms with E-state index in [0.29, 0.717) is 10.6 Å². The number of aromatic nitrogens is 1. The minimum absolute atomic E-state index is 0.0332. The summed E-state index contributed by atoms with van der Waals surface area (Å²) in [5.41, 5.74) is 1.63. The molecule has 0 unspecified atom stereocenters. The van der Waals surface area contributed by atoms with Crippen molar-refractivity contribution in [3.8, 4) is 9.88 Å². The first kappa shape index (κ1) is 19.8. The molecule has 2 aromatic heterocycles. The van der Waals surface area contributed by atoms with Gasteiger partial charge in [0.1, 0.15) is 5.01 Å². The van der Waals surface area contributed by atoms with E-state index >= 15 is 0 Å². The smallest absolute Gasteiger partial charge is 0.264 e. The Hall–Kier alpha value is -2.55. The van der Waals surface area contributed by atoms with E-state index in [-0.39, 0.29) is 18.4 Å². The maximum absolute atomic E-state index is 12.7. The highest BCUT2D eigenvalue weighted by Crippen LogP contribution is 2.34. The topological polar surface area (TPSA) is 62.3 Å². The van der Waals surface area contributed by atoms with Crippen LogP contribution >= 0.6 is 38.6 Å². The number of nitrogens with one attached hydrogen (secondary N) is 1. The van der Waals surface area contributed by atoms with Crippen LogP contribution in [-0.4, -0.2) is 35.3 Å². The standard InChI is InChI=1S/C21H16BrN3O2S2/c1-25(12-19(26)23-14-7-3-2-6-13(14)22)21(27)18-11-10-17(28-18)20-24-15-8-4-5-9-16(15)29-20/h2-11H,12H2,1H3,(H,23,26). The molecule has 8 heteroatoms. The lowest BCUT2D eigenvalue weighted by Crippen LogP contribution is -2.34. The molecule has 0 atom stereocenters. The molecule has 4 rings (SSSR count). The zero-order chi connectivity index (χ0) is 20.4. The minimum Gasteiger partial charge on any atom is -0.332 e. The number of amides is 2. The van der Waals surface area contributed by atoms with Crippen molar-refractivity contribution in [1.82, 2.24) is 9.88 Å². The van der Waals surface area contributed by atoms with Crippen LogP contribution in [0.2, 0.25) is 0 Å². The predicted molar refractivity (Wildman–Crippen MR) is 123 cm³/mol. The van der Waals surface area contributed by atoms with Crippen molar-refractivity contribution in [3.63, 3.8) is 0 Å². The lowest BCUT2D eigenvalue weighted by molar-refractivity contribution is -0.116. The highest BCUT2D eigenvalue weighted by molar-refractivity contribution is 9.10. The van der Waals surface area contributed by atoms with Gasteiger partial charge in [0.25, 0.3) is 5.91 Å². The molecule has 0 aliphatic heterocycles. The number of fused-ring (bicyclic) bond motifs is 1. The maximum Gasteiger partial charge on any atom is 0.264 e. The monoisotopic (exact) mass is 485 g/mol. The summed E-state index contributed by atoms with van der Waals surface area (Å²) in [7, 11) is 1.62. The van der Waals surface area contributed by atoms with E-state index in [1.165, 1.54) is 16.2 Å². The molecule has 0 saturated carbocycles. The molecule has 0 spiro atoms. The first-order valence-corrected chi connectivity index (χ1v) is 11.2. The van der Waals surface area contributed by atoms with Crippen molar-refractivity contribution in [1.29, 1.82) is 0 Å². The highest BCUT2D eigenvalue weighted by atomic mass is 79.9. The zero-order valence-corrected chi connectivity index (χ0v) is 18.6. The van der Waals surface area contributed by atoms with Gasteiger partial charge in [0.2, 0.25) is 5.91 Å². The summed E-state index contributed by atoms with van der Waals surface area (Å²) < 4.78 is 1.91. The lowest BCUT2D eigenvalue weighted by Gasteiger charge is -2.16. The van der Waals surface area contributed by atoms with Crippen LogP contribution in [-0.2, 0) is 4.79 Å². The van der Waals surface area contributed by atoms with Gasteiger partial charge in [-0.1, -0.05) is 24.3 Å². The number of rotatable bonds is 5. The Bertz CT molecular complexity index is 1170. The van der Waals surface area contributed by atoms with Crippen LogP contribution in [0.1, 0.15) is 9.67 Å². The molecule has 1 N–H and O–H groups in total. The molecule has 146 valence electrons. The van der Waals surface area contributed by atoms with Gasteiger partial charge in [-0.15, -0.1) is 22.7 Å². The second-order valence-corrected chi connectivity index (χ2v) is 9.31. The second-order valence-electron chi connectivity index (χ2n) is 6.34. The Labute approximate surface area is 184 Å².